The number of aliphatic imine (C=N–C) groups is 1. The van der Waals surface area contributed by atoms with Crippen molar-refractivity contribution >= 4 is 45.0 Å². The van der Waals surface area contributed by atoms with Crippen LogP contribution in [0.5, 0.6) is 0 Å². The van der Waals surface area contributed by atoms with Gasteiger partial charge in [0.25, 0.3) is 0 Å². The molecule has 0 amide bonds. The minimum absolute atomic E-state index is 0.110. The average molecular weight is 292 g/mol. The molecule has 1 rings (SSSR count). The molecule has 0 aliphatic rings. The smallest absolute Gasteiger partial charge is 0.336 e. The Morgan fingerprint density at radius 1 is 1.60 bits per heavy atom. The lowest BCUT2D eigenvalue weighted by Crippen LogP contribution is -2.12. The SMILES string of the molecule is NC(CCl)=Nc1ccc(Br)c(C(=O)O)c1. The van der Waals surface area contributed by atoms with Crippen molar-refractivity contribution in [1.29, 1.82) is 0 Å². The van der Waals surface area contributed by atoms with Crippen molar-refractivity contribution in [2.75, 3.05) is 5.88 Å². The molecule has 0 radical (unpaired) electrons. The Labute approximate surface area is 99.9 Å². The van der Waals surface area contributed by atoms with E-state index < -0.39 is 5.97 Å². The molecule has 0 aromatic heterocycles. The standard InChI is InChI=1S/C9H8BrClN2O2/c10-7-2-1-5(13-8(12)4-11)3-6(7)9(14)15/h1-3H,4H2,(H2,12,13)(H,14,15). The minimum Gasteiger partial charge on any atom is -0.478 e. The number of amidine groups is 1. The van der Waals surface area contributed by atoms with Gasteiger partial charge in [-0.25, -0.2) is 9.79 Å². The fourth-order valence-corrected chi connectivity index (χ4v) is 1.42. The quantitative estimate of drug-likeness (QED) is 0.510. The summed E-state index contributed by atoms with van der Waals surface area (Å²) in [6.45, 7) is 0. The zero-order valence-corrected chi connectivity index (χ0v) is 9.92. The van der Waals surface area contributed by atoms with E-state index in [0.717, 1.165) is 0 Å². The highest BCUT2D eigenvalue weighted by molar-refractivity contribution is 9.10. The number of aromatic carboxylic acids is 1. The summed E-state index contributed by atoms with van der Waals surface area (Å²) in [5.74, 6) is -0.669. The van der Waals surface area contributed by atoms with Gasteiger partial charge >= 0.3 is 5.97 Å². The number of rotatable bonds is 3. The lowest BCUT2D eigenvalue weighted by Gasteiger charge is -2.01. The van der Waals surface area contributed by atoms with Crippen molar-refractivity contribution in [3.63, 3.8) is 0 Å². The Kier molecular flexibility index (Phi) is 4.11. The summed E-state index contributed by atoms with van der Waals surface area (Å²) in [7, 11) is 0. The van der Waals surface area contributed by atoms with Gasteiger partial charge in [-0.05, 0) is 34.1 Å². The van der Waals surface area contributed by atoms with E-state index in [1.165, 1.54) is 6.07 Å². The molecule has 0 saturated heterocycles. The van der Waals surface area contributed by atoms with Gasteiger partial charge < -0.3 is 10.8 Å². The van der Waals surface area contributed by atoms with Crippen molar-refractivity contribution in [3.8, 4) is 0 Å². The van der Waals surface area contributed by atoms with Gasteiger partial charge in [0.1, 0.15) is 5.84 Å². The van der Waals surface area contributed by atoms with Crippen LogP contribution in [0.1, 0.15) is 10.4 Å². The molecule has 4 nitrogen and oxygen atoms in total. The van der Waals surface area contributed by atoms with Crippen LogP contribution in [0.25, 0.3) is 0 Å². The van der Waals surface area contributed by atoms with E-state index in [0.29, 0.717) is 10.2 Å². The van der Waals surface area contributed by atoms with Crippen LogP contribution in [0, 0.1) is 0 Å². The molecular formula is C9H8BrClN2O2. The van der Waals surface area contributed by atoms with Crippen molar-refractivity contribution in [1.82, 2.24) is 0 Å². The third kappa shape index (κ3) is 3.21. The summed E-state index contributed by atoms with van der Waals surface area (Å²) in [5, 5.41) is 8.85. The first kappa shape index (κ1) is 12.0. The summed E-state index contributed by atoms with van der Waals surface area (Å²) >= 11 is 8.58. The summed E-state index contributed by atoms with van der Waals surface area (Å²) in [4.78, 5) is 14.7. The van der Waals surface area contributed by atoms with Crippen LogP contribution in [0.4, 0.5) is 5.69 Å². The number of alkyl halides is 1. The van der Waals surface area contributed by atoms with Crippen LogP contribution in [-0.4, -0.2) is 22.8 Å². The van der Waals surface area contributed by atoms with Crippen LogP contribution in [0.2, 0.25) is 0 Å². The van der Waals surface area contributed by atoms with Gasteiger partial charge in [-0.15, -0.1) is 11.6 Å². The second kappa shape index (κ2) is 5.14. The minimum atomic E-state index is -1.02. The van der Waals surface area contributed by atoms with Gasteiger partial charge in [0.15, 0.2) is 0 Å². The molecule has 0 bridgehead atoms. The fraction of sp³-hybridized carbons (Fsp3) is 0.111. The lowest BCUT2D eigenvalue weighted by atomic mass is 10.2. The van der Waals surface area contributed by atoms with E-state index in [1.807, 2.05) is 0 Å². The van der Waals surface area contributed by atoms with Crippen LogP contribution in [-0.2, 0) is 0 Å². The molecule has 0 atom stereocenters. The highest BCUT2D eigenvalue weighted by atomic mass is 79.9. The highest BCUT2D eigenvalue weighted by Gasteiger charge is 2.08. The predicted octanol–water partition coefficient (Wildman–Crippen LogP) is 2.37. The van der Waals surface area contributed by atoms with Gasteiger partial charge in [-0.3, -0.25) is 0 Å². The van der Waals surface area contributed by atoms with E-state index in [2.05, 4.69) is 20.9 Å². The average Bonchev–Trinajstić information content (AvgIpc) is 2.20. The highest BCUT2D eigenvalue weighted by Crippen LogP contribution is 2.22. The van der Waals surface area contributed by atoms with E-state index >= 15 is 0 Å². The number of nitrogens with two attached hydrogens (primary N) is 1. The monoisotopic (exact) mass is 290 g/mol. The molecule has 15 heavy (non-hydrogen) atoms. The number of nitrogens with zero attached hydrogens (tertiary/aromatic N) is 1. The molecule has 6 heteroatoms. The molecule has 0 heterocycles. The first-order valence-corrected chi connectivity index (χ1v) is 5.29. The maximum absolute atomic E-state index is 10.8. The number of benzene rings is 1. The fourth-order valence-electron chi connectivity index (χ4n) is 0.942. The van der Waals surface area contributed by atoms with Crippen molar-refractivity contribution in [2.45, 2.75) is 0 Å². The second-order valence-corrected chi connectivity index (χ2v) is 3.83. The Bertz CT molecular complexity index is 421. The number of hydrogen-bond acceptors (Lipinski definition) is 2. The van der Waals surface area contributed by atoms with Gasteiger partial charge in [-0.1, -0.05) is 0 Å². The first-order valence-electron chi connectivity index (χ1n) is 3.96. The molecule has 1 aromatic carbocycles. The van der Waals surface area contributed by atoms with E-state index in [4.69, 9.17) is 22.4 Å². The maximum Gasteiger partial charge on any atom is 0.336 e. The van der Waals surface area contributed by atoms with Crippen LogP contribution in [0.3, 0.4) is 0 Å². The molecule has 0 aliphatic carbocycles. The lowest BCUT2D eigenvalue weighted by molar-refractivity contribution is 0.0696. The third-order valence-electron chi connectivity index (χ3n) is 1.59. The molecule has 0 spiro atoms. The zero-order valence-electron chi connectivity index (χ0n) is 7.58. The number of carboxylic acids is 1. The van der Waals surface area contributed by atoms with Crippen molar-refractivity contribution in [3.05, 3.63) is 28.2 Å². The first-order chi connectivity index (χ1) is 7.04. The Morgan fingerprint density at radius 2 is 2.27 bits per heavy atom. The van der Waals surface area contributed by atoms with Crippen LogP contribution in [0.15, 0.2) is 27.7 Å². The molecule has 80 valence electrons. The molecule has 0 fully saturated rings. The molecule has 1 aromatic rings. The van der Waals surface area contributed by atoms with E-state index in [-0.39, 0.29) is 17.3 Å². The summed E-state index contributed by atoms with van der Waals surface area (Å²) in [5.41, 5.74) is 6.03. The Morgan fingerprint density at radius 3 is 2.80 bits per heavy atom. The number of halogens is 2. The Balaban J connectivity index is 3.13. The maximum atomic E-state index is 10.8. The van der Waals surface area contributed by atoms with E-state index in [9.17, 15) is 4.79 Å². The van der Waals surface area contributed by atoms with Crippen LogP contribution < -0.4 is 5.73 Å². The third-order valence-corrected chi connectivity index (χ3v) is 2.56. The molecule has 0 unspecified atom stereocenters. The van der Waals surface area contributed by atoms with Gasteiger partial charge in [-0.2, -0.15) is 0 Å². The van der Waals surface area contributed by atoms with E-state index in [1.54, 1.807) is 12.1 Å². The Hall–Kier alpha value is -1.07. The normalized spacial score (nSPS) is 11.5. The summed E-state index contributed by atoms with van der Waals surface area (Å²) < 4.78 is 0.499. The molecule has 3 N–H and O–H groups in total. The zero-order chi connectivity index (χ0) is 11.4. The topological polar surface area (TPSA) is 75.7 Å². The predicted molar refractivity (Wildman–Crippen MR) is 63.1 cm³/mol. The molecular weight excluding hydrogens is 283 g/mol. The summed E-state index contributed by atoms with van der Waals surface area (Å²) in [6, 6.07) is 4.67. The van der Waals surface area contributed by atoms with Gasteiger partial charge in [0.2, 0.25) is 0 Å². The number of carbonyl (C=O) groups is 1. The van der Waals surface area contributed by atoms with Crippen molar-refractivity contribution < 1.29 is 9.90 Å². The number of carboxylic acid groups (broad SMARTS) is 1. The number of hydrogen-bond donors (Lipinski definition) is 2. The van der Waals surface area contributed by atoms with Crippen LogP contribution >= 0.6 is 27.5 Å². The largest absolute Gasteiger partial charge is 0.478 e. The van der Waals surface area contributed by atoms with Crippen molar-refractivity contribution in [2.24, 2.45) is 10.7 Å². The van der Waals surface area contributed by atoms with Gasteiger partial charge in [0.05, 0.1) is 17.1 Å². The van der Waals surface area contributed by atoms with Gasteiger partial charge in [0, 0.05) is 4.47 Å². The second-order valence-electron chi connectivity index (χ2n) is 2.71. The summed E-state index contributed by atoms with van der Waals surface area (Å²) in [6.07, 6.45) is 0. The molecule has 0 saturated carbocycles. The molecule has 0 aliphatic heterocycles.